The normalized spacial score (nSPS) is 11.9. The monoisotopic (exact) mass is 510 g/mol. The minimum atomic E-state index is -5.49. The molecule has 2 amide bonds. The molecule has 176 valence electrons. The van der Waals surface area contributed by atoms with Crippen LogP contribution in [0.5, 0.6) is 0 Å². The molecule has 0 saturated heterocycles. The molecule has 0 aliphatic rings. The van der Waals surface area contributed by atoms with Gasteiger partial charge in [-0.2, -0.15) is 13.2 Å². The Morgan fingerprint density at radius 1 is 1.00 bits per heavy atom. The number of carbonyl (C=O) groups excluding carboxylic acids is 1. The summed E-state index contributed by atoms with van der Waals surface area (Å²) in [6.07, 6.45) is 1.33. The zero-order valence-electron chi connectivity index (χ0n) is 16.0. The van der Waals surface area contributed by atoms with Crippen molar-refractivity contribution in [3.8, 4) is 10.4 Å². The Bertz CT molecular complexity index is 1250. The van der Waals surface area contributed by atoms with Crippen molar-refractivity contribution in [2.24, 2.45) is 0 Å². The van der Waals surface area contributed by atoms with E-state index in [0.717, 1.165) is 11.3 Å². The van der Waals surface area contributed by atoms with Gasteiger partial charge in [0.1, 0.15) is 16.5 Å². The Labute approximate surface area is 186 Å². The fourth-order valence-electron chi connectivity index (χ4n) is 2.42. The lowest BCUT2D eigenvalue weighted by atomic mass is 10.2. The maximum absolute atomic E-state index is 13.6. The molecule has 0 spiro atoms. The number of nitrogens with one attached hydrogen (secondary N) is 3. The molecule has 0 aliphatic carbocycles. The first-order valence-electron chi connectivity index (χ1n) is 8.69. The van der Waals surface area contributed by atoms with Crippen LogP contribution in [0.3, 0.4) is 0 Å². The quantitative estimate of drug-likeness (QED) is 0.415. The summed E-state index contributed by atoms with van der Waals surface area (Å²) >= 11 is 0.944. The number of benzene rings is 2. The van der Waals surface area contributed by atoms with E-state index in [1.807, 2.05) is 5.32 Å². The predicted octanol–water partition coefficient (Wildman–Crippen LogP) is 4.81. The summed E-state index contributed by atoms with van der Waals surface area (Å²) in [7, 11) is -5.49. The van der Waals surface area contributed by atoms with E-state index >= 15 is 0 Å². The maximum atomic E-state index is 13.6. The van der Waals surface area contributed by atoms with Crippen LogP contribution in [0.1, 0.15) is 5.01 Å². The van der Waals surface area contributed by atoms with Gasteiger partial charge in [-0.15, -0.1) is 11.3 Å². The van der Waals surface area contributed by atoms with E-state index in [1.54, 1.807) is 0 Å². The Kier molecular flexibility index (Phi) is 6.94. The molecule has 0 unspecified atom stereocenters. The maximum Gasteiger partial charge on any atom is 0.511 e. The van der Waals surface area contributed by atoms with Gasteiger partial charge < -0.3 is 10.6 Å². The summed E-state index contributed by atoms with van der Waals surface area (Å²) in [5, 5.41) is 4.34. The number of anilines is 2. The third-order valence-electron chi connectivity index (χ3n) is 3.94. The summed E-state index contributed by atoms with van der Waals surface area (Å²) in [4.78, 5) is 16.3. The van der Waals surface area contributed by atoms with Crippen molar-refractivity contribution in [3.63, 3.8) is 0 Å². The third-order valence-corrected chi connectivity index (χ3v) is 6.12. The molecule has 33 heavy (non-hydrogen) atoms. The molecular weight excluding hydrogens is 498 g/mol. The van der Waals surface area contributed by atoms with E-state index in [2.05, 4.69) is 10.3 Å². The number of sulfonamides is 1. The largest absolute Gasteiger partial charge is 0.511 e. The third kappa shape index (κ3) is 6.00. The highest BCUT2D eigenvalue weighted by Crippen LogP contribution is 2.28. The minimum Gasteiger partial charge on any atom is -0.308 e. The summed E-state index contributed by atoms with van der Waals surface area (Å²) in [6, 6.07) is 5.72. The van der Waals surface area contributed by atoms with Gasteiger partial charge in [0, 0.05) is 24.0 Å². The van der Waals surface area contributed by atoms with E-state index in [0.29, 0.717) is 22.6 Å². The fourth-order valence-corrected chi connectivity index (χ4v) is 3.86. The molecule has 0 saturated carbocycles. The number of rotatable bonds is 6. The first-order valence-corrected chi connectivity index (χ1v) is 11.0. The van der Waals surface area contributed by atoms with Crippen LogP contribution in [0, 0.1) is 17.5 Å². The highest BCUT2D eigenvalue weighted by Gasteiger charge is 2.45. The zero-order chi connectivity index (χ0) is 24.4. The van der Waals surface area contributed by atoms with Crippen LogP contribution in [-0.2, 0) is 16.6 Å². The molecule has 0 radical (unpaired) electrons. The van der Waals surface area contributed by atoms with Gasteiger partial charge in [-0.1, -0.05) is 12.1 Å². The molecule has 15 heteroatoms. The number of nitrogens with zero attached hydrogens (tertiary/aromatic N) is 1. The van der Waals surface area contributed by atoms with Crippen molar-refractivity contribution in [1.82, 2.24) is 9.71 Å². The Hall–Kier alpha value is -3.17. The molecule has 7 nitrogen and oxygen atoms in total. The minimum absolute atomic E-state index is 0.0859. The first-order chi connectivity index (χ1) is 15.4. The van der Waals surface area contributed by atoms with Crippen molar-refractivity contribution < 1.29 is 39.6 Å². The van der Waals surface area contributed by atoms with E-state index in [4.69, 9.17) is 0 Å². The second kappa shape index (κ2) is 9.36. The van der Waals surface area contributed by atoms with Crippen LogP contribution < -0.4 is 15.4 Å². The van der Waals surface area contributed by atoms with Crippen molar-refractivity contribution in [1.29, 1.82) is 0 Å². The number of alkyl halides is 3. The van der Waals surface area contributed by atoms with E-state index in [1.165, 1.54) is 35.2 Å². The number of hydrogen-bond donors (Lipinski definition) is 3. The summed E-state index contributed by atoms with van der Waals surface area (Å²) in [6.45, 7) is -0.650. The van der Waals surface area contributed by atoms with E-state index in [-0.39, 0.29) is 10.7 Å². The lowest BCUT2D eigenvalue weighted by molar-refractivity contribution is -0.0448. The van der Waals surface area contributed by atoms with Gasteiger partial charge >= 0.3 is 21.6 Å². The van der Waals surface area contributed by atoms with Crippen LogP contribution in [0.25, 0.3) is 10.4 Å². The standard InChI is InChI=1S/C18H12F6N4O3S2/c19-10-5-12(20)16(13(21)6-10)28-17(29)27-11-3-1-9(2-4-11)14-7-25-15(32-14)8-26-33(30,31)18(22,23)24/h1-7,26H,8H2,(H2,27,28,29). The smallest absolute Gasteiger partial charge is 0.308 e. The number of hydrogen-bond acceptors (Lipinski definition) is 5. The van der Waals surface area contributed by atoms with Crippen LogP contribution in [0.15, 0.2) is 42.6 Å². The van der Waals surface area contributed by atoms with E-state index < -0.39 is 51.2 Å². The zero-order valence-corrected chi connectivity index (χ0v) is 17.6. The molecule has 0 fully saturated rings. The lowest BCUT2D eigenvalue weighted by Crippen LogP contribution is -2.35. The number of amides is 2. The topological polar surface area (TPSA) is 100 Å². The second-order valence-corrected chi connectivity index (χ2v) is 9.16. The van der Waals surface area contributed by atoms with Crippen molar-refractivity contribution >= 4 is 38.8 Å². The van der Waals surface area contributed by atoms with Crippen LogP contribution in [-0.4, -0.2) is 24.9 Å². The van der Waals surface area contributed by atoms with Gasteiger partial charge in [-0.05, 0) is 17.7 Å². The second-order valence-electron chi connectivity index (χ2n) is 6.29. The molecule has 3 aromatic rings. The van der Waals surface area contributed by atoms with Gasteiger partial charge in [0.2, 0.25) is 0 Å². The molecule has 3 rings (SSSR count). The Balaban J connectivity index is 1.62. The van der Waals surface area contributed by atoms with Gasteiger partial charge in [0.25, 0.3) is 0 Å². The van der Waals surface area contributed by atoms with Crippen molar-refractivity contribution in [3.05, 3.63) is 65.1 Å². The molecule has 0 aliphatic heterocycles. The highest BCUT2D eigenvalue weighted by atomic mass is 32.2. The van der Waals surface area contributed by atoms with E-state index in [9.17, 15) is 39.6 Å². The fraction of sp³-hybridized carbons (Fsp3) is 0.111. The Morgan fingerprint density at radius 2 is 1.61 bits per heavy atom. The van der Waals surface area contributed by atoms with Crippen molar-refractivity contribution in [2.75, 3.05) is 10.6 Å². The predicted molar refractivity (Wildman–Crippen MR) is 108 cm³/mol. The summed E-state index contributed by atoms with van der Waals surface area (Å²) in [5.41, 5.74) is -5.49. The summed E-state index contributed by atoms with van der Waals surface area (Å²) < 4.78 is 101. The van der Waals surface area contributed by atoms with Gasteiger partial charge in [-0.3, -0.25) is 0 Å². The van der Waals surface area contributed by atoms with Gasteiger partial charge in [0.05, 0.1) is 11.4 Å². The average Bonchev–Trinajstić information content (AvgIpc) is 3.18. The molecule has 3 N–H and O–H groups in total. The van der Waals surface area contributed by atoms with Crippen LogP contribution in [0.4, 0.5) is 42.5 Å². The number of thiazole rings is 1. The number of urea groups is 1. The summed E-state index contributed by atoms with van der Waals surface area (Å²) in [5.74, 6) is -3.73. The highest BCUT2D eigenvalue weighted by molar-refractivity contribution is 7.90. The van der Waals surface area contributed by atoms with Gasteiger partial charge in [0.15, 0.2) is 11.6 Å². The van der Waals surface area contributed by atoms with Crippen molar-refractivity contribution in [2.45, 2.75) is 12.1 Å². The molecular formula is C18H12F6N4O3S2. The number of aromatic nitrogens is 1. The van der Waals surface area contributed by atoms with Crippen LogP contribution in [0.2, 0.25) is 0 Å². The number of halogens is 6. The van der Waals surface area contributed by atoms with Gasteiger partial charge in [-0.25, -0.2) is 36.1 Å². The number of carbonyl (C=O) groups is 1. The molecule has 2 aromatic carbocycles. The lowest BCUT2D eigenvalue weighted by Gasteiger charge is -2.10. The average molecular weight is 510 g/mol. The first kappa shape index (κ1) is 24.5. The SMILES string of the molecule is O=C(Nc1ccc(-c2cnc(CNS(=O)(=O)C(F)(F)F)s2)cc1)Nc1c(F)cc(F)cc1F. The molecule has 0 bridgehead atoms. The van der Waals surface area contributed by atoms with Crippen LogP contribution >= 0.6 is 11.3 Å². The Morgan fingerprint density at radius 3 is 2.18 bits per heavy atom. The molecule has 1 aromatic heterocycles. The molecule has 1 heterocycles. The molecule has 0 atom stereocenters.